The van der Waals surface area contributed by atoms with E-state index in [0.717, 1.165) is 0 Å². The van der Waals surface area contributed by atoms with Crippen LogP contribution in [0.2, 0.25) is 5.02 Å². The Hall–Kier alpha value is -0.630. The van der Waals surface area contributed by atoms with Gasteiger partial charge >= 0.3 is 5.97 Å². The monoisotopic (exact) mass is 369 g/mol. The molecule has 106 valence electrons. The predicted octanol–water partition coefficient (Wildman–Crippen LogP) is 2.56. The van der Waals surface area contributed by atoms with Gasteiger partial charge in [-0.1, -0.05) is 41.4 Å². The van der Waals surface area contributed by atoms with Gasteiger partial charge in [-0.3, -0.25) is 0 Å². The van der Waals surface area contributed by atoms with Crippen LogP contribution in [0.25, 0.3) is 0 Å². The summed E-state index contributed by atoms with van der Waals surface area (Å²) in [5.41, 5.74) is -0.0410. The first-order valence-corrected chi connectivity index (χ1v) is 8.03. The van der Waals surface area contributed by atoms with E-state index in [9.17, 15) is 13.2 Å². The third-order valence-corrected chi connectivity index (χ3v) is 3.99. The standard InChI is InChI=1S/C11H13BrClNO4S/c1-6(2)5-18-11(15)8-3-7(12)4-9(10(8)13)19(14,16)17/h3-4,6H,5H2,1-2H3,(H2,14,16,17). The highest BCUT2D eigenvalue weighted by atomic mass is 79.9. The van der Waals surface area contributed by atoms with Crippen LogP contribution in [0, 0.1) is 5.92 Å². The van der Waals surface area contributed by atoms with Crippen molar-refractivity contribution in [2.45, 2.75) is 18.7 Å². The molecule has 0 radical (unpaired) electrons. The van der Waals surface area contributed by atoms with Gasteiger partial charge in [0.1, 0.15) is 4.90 Å². The summed E-state index contributed by atoms with van der Waals surface area (Å²) in [7, 11) is -4.01. The first-order valence-electron chi connectivity index (χ1n) is 5.32. The number of carbonyl (C=O) groups is 1. The lowest BCUT2D eigenvalue weighted by molar-refractivity contribution is 0.0459. The summed E-state index contributed by atoms with van der Waals surface area (Å²) in [6, 6.07) is 2.62. The summed E-state index contributed by atoms with van der Waals surface area (Å²) in [4.78, 5) is 11.5. The van der Waals surface area contributed by atoms with Gasteiger partial charge in [0, 0.05) is 4.47 Å². The number of carbonyl (C=O) groups excluding carboxylic acids is 1. The summed E-state index contributed by atoms with van der Waals surface area (Å²) >= 11 is 9.00. The van der Waals surface area contributed by atoms with Gasteiger partial charge in [-0.15, -0.1) is 0 Å². The Bertz CT molecular complexity index is 601. The fourth-order valence-electron chi connectivity index (χ4n) is 1.24. The van der Waals surface area contributed by atoms with Crippen LogP contribution >= 0.6 is 27.5 Å². The zero-order valence-corrected chi connectivity index (χ0v) is 13.5. The van der Waals surface area contributed by atoms with Crippen molar-refractivity contribution in [2.24, 2.45) is 11.1 Å². The van der Waals surface area contributed by atoms with Crippen LogP contribution in [0.4, 0.5) is 0 Å². The van der Waals surface area contributed by atoms with Gasteiger partial charge in [0.25, 0.3) is 0 Å². The van der Waals surface area contributed by atoms with Crippen molar-refractivity contribution in [3.05, 3.63) is 27.2 Å². The van der Waals surface area contributed by atoms with Crippen LogP contribution in [0.15, 0.2) is 21.5 Å². The van der Waals surface area contributed by atoms with Crippen molar-refractivity contribution in [1.82, 2.24) is 0 Å². The highest BCUT2D eigenvalue weighted by Gasteiger charge is 2.22. The normalized spacial score (nSPS) is 11.7. The molecule has 0 heterocycles. The van der Waals surface area contributed by atoms with Crippen LogP contribution < -0.4 is 5.14 Å². The maximum atomic E-state index is 11.8. The SMILES string of the molecule is CC(C)COC(=O)c1cc(Br)cc(S(N)(=O)=O)c1Cl. The molecule has 0 aromatic heterocycles. The molecule has 0 bridgehead atoms. The van der Waals surface area contributed by atoms with E-state index in [4.69, 9.17) is 21.5 Å². The molecule has 0 fully saturated rings. The van der Waals surface area contributed by atoms with Crippen molar-refractivity contribution >= 4 is 43.5 Å². The van der Waals surface area contributed by atoms with Crippen molar-refractivity contribution < 1.29 is 17.9 Å². The van der Waals surface area contributed by atoms with E-state index < -0.39 is 16.0 Å². The highest BCUT2D eigenvalue weighted by molar-refractivity contribution is 9.10. The van der Waals surface area contributed by atoms with Gasteiger partial charge < -0.3 is 4.74 Å². The molecule has 8 heteroatoms. The lowest BCUT2D eigenvalue weighted by Gasteiger charge is -2.11. The van der Waals surface area contributed by atoms with E-state index in [-0.39, 0.29) is 28.0 Å². The number of ether oxygens (including phenoxy) is 1. The Balaban J connectivity index is 3.22. The summed E-state index contributed by atoms with van der Waals surface area (Å²) < 4.78 is 28.1. The smallest absolute Gasteiger partial charge is 0.339 e. The number of sulfonamides is 1. The van der Waals surface area contributed by atoms with Crippen LogP contribution in [0.5, 0.6) is 0 Å². The maximum Gasteiger partial charge on any atom is 0.339 e. The average Bonchev–Trinajstić information content (AvgIpc) is 2.27. The molecule has 0 amide bonds. The van der Waals surface area contributed by atoms with Crippen LogP contribution in [-0.2, 0) is 14.8 Å². The van der Waals surface area contributed by atoms with Gasteiger partial charge in [0.2, 0.25) is 10.0 Å². The molecule has 0 spiro atoms. The molecule has 0 aliphatic carbocycles. The fraction of sp³-hybridized carbons (Fsp3) is 0.364. The van der Waals surface area contributed by atoms with E-state index in [1.54, 1.807) is 0 Å². The molecule has 0 saturated heterocycles. The number of hydrogen-bond acceptors (Lipinski definition) is 4. The van der Waals surface area contributed by atoms with Gasteiger partial charge in [-0.2, -0.15) is 0 Å². The lowest BCUT2D eigenvalue weighted by Crippen LogP contribution is -2.16. The Labute approximate surface area is 125 Å². The summed E-state index contributed by atoms with van der Waals surface area (Å²) in [5, 5.41) is 4.80. The second-order valence-corrected chi connectivity index (χ2v) is 7.13. The molecular weight excluding hydrogens is 358 g/mol. The van der Waals surface area contributed by atoms with E-state index in [1.807, 2.05) is 13.8 Å². The van der Waals surface area contributed by atoms with Crippen molar-refractivity contribution in [1.29, 1.82) is 0 Å². The van der Waals surface area contributed by atoms with Crippen molar-refractivity contribution in [3.63, 3.8) is 0 Å². The molecule has 1 rings (SSSR count). The van der Waals surface area contributed by atoms with Crippen LogP contribution in [0.3, 0.4) is 0 Å². The molecular formula is C11H13BrClNO4S. The fourth-order valence-corrected chi connectivity index (χ4v) is 3.01. The Morgan fingerprint density at radius 1 is 1.47 bits per heavy atom. The van der Waals surface area contributed by atoms with E-state index in [1.165, 1.54) is 12.1 Å². The van der Waals surface area contributed by atoms with Crippen LogP contribution in [-0.4, -0.2) is 21.0 Å². The van der Waals surface area contributed by atoms with Gasteiger partial charge in [0.05, 0.1) is 17.2 Å². The molecule has 5 nitrogen and oxygen atoms in total. The quantitative estimate of drug-likeness (QED) is 0.825. The molecule has 0 unspecified atom stereocenters. The minimum Gasteiger partial charge on any atom is -0.462 e. The zero-order valence-electron chi connectivity index (χ0n) is 10.3. The summed E-state index contributed by atoms with van der Waals surface area (Å²) in [5.74, 6) is -0.530. The summed E-state index contributed by atoms with van der Waals surface area (Å²) in [6.07, 6.45) is 0. The van der Waals surface area contributed by atoms with E-state index in [0.29, 0.717) is 4.47 Å². The molecule has 0 saturated carbocycles. The minimum atomic E-state index is -4.01. The summed E-state index contributed by atoms with van der Waals surface area (Å²) in [6.45, 7) is 3.98. The second-order valence-electron chi connectivity index (χ2n) is 4.30. The van der Waals surface area contributed by atoms with E-state index in [2.05, 4.69) is 15.9 Å². The van der Waals surface area contributed by atoms with E-state index >= 15 is 0 Å². The topological polar surface area (TPSA) is 86.5 Å². The number of rotatable bonds is 4. The Morgan fingerprint density at radius 2 is 2.05 bits per heavy atom. The number of halogens is 2. The number of esters is 1. The number of primary sulfonamides is 1. The van der Waals surface area contributed by atoms with Gasteiger partial charge in [-0.05, 0) is 18.1 Å². The molecule has 1 aromatic rings. The molecule has 0 atom stereocenters. The zero-order chi connectivity index (χ0) is 14.8. The molecule has 0 aliphatic rings. The van der Waals surface area contributed by atoms with Gasteiger partial charge in [-0.25, -0.2) is 18.4 Å². The number of nitrogens with two attached hydrogens (primary N) is 1. The second kappa shape index (κ2) is 6.21. The third kappa shape index (κ3) is 4.45. The predicted molar refractivity (Wildman–Crippen MR) is 75.6 cm³/mol. The maximum absolute atomic E-state index is 11.8. The van der Waals surface area contributed by atoms with Gasteiger partial charge in [0.15, 0.2) is 0 Å². The largest absolute Gasteiger partial charge is 0.462 e. The first-order chi connectivity index (χ1) is 8.62. The van der Waals surface area contributed by atoms with Crippen molar-refractivity contribution in [2.75, 3.05) is 6.61 Å². The number of hydrogen-bond donors (Lipinski definition) is 1. The Morgan fingerprint density at radius 3 is 2.53 bits per heavy atom. The Kier molecular flexibility index (Phi) is 5.37. The molecule has 19 heavy (non-hydrogen) atoms. The van der Waals surface area contributed by atoms with Crippen molar-refractivity contribution in [3.8, 4) is 0 Å². The minimum absolute atomic E-state index is 0.0410. The average molecular weight is 371 g/mol. The third-order valence-electron chi connectivity index (χ3n) is 2.08. The molecule has 2 N–H and O–H groups in total. The lowest BCUT2D eigenvalue weighted by atomic mass is 10.2. The number of benzene rings is 1. The molecule has 1 aromatic carbocycles. The molecule has 0 aliphatic heterocycles. The highest BCUT2D eigenvalue weighted by Crippen LogP contribution is 2.29. The first kappa shape index (κ1) is 16.4. The van der Waals surface area contributed by atoms with Crippen LogP contribution in [0.1, 0.15) is 24.2 Å².